The lowest BCUT2D eigenvalue weighted by Gasteiger charge is -2.22. The van der Waals surface area contributed by atoms with E-state index in [2.05, 4.69) is 15.3 Å². The number of nitrogens with one attached hydrogen (secondary N) is 1. The fourth-order valence-corrected chi connectivity index (χ4v) is 3.29. The smallest absolute Gasteiger partial charge is 0.328 e. The SMILES string of the molecule is CN(C(=O)Nc1ccc(C#N)cn1)c1ccc(CN2CCCC2=O)c(C2OC=CO2)n1. The summed E-state index contributed by atoms with van der Waals surface area (Å²) in [5, 5.41) is 11.5. The molecule has 0 spiro atoms. The Bertz CT molecular complexity index is 1050. The minimum Gasteiger partial charge on any atom is -0.454 e. The third-order valence-electron chi connectivity index (χ3n) is 4.99. The highest BCUT2D eigenvalue weighted by Gasteiger charge is 2.27. The van der Waals surface area contributed by atoms with Gasteiger partial charge in [-0.3, -0.25) is 15.0 Å². The first-order valence-corrected chi connectivity index (χ1v) is 9.69. The minimum absolute atomic E-state index is 0.104. The molecule has 0 atom stereocenters. The molecule has 2 aromatic heterocycles. The van der Waals surface area contributed by atoms with E-state index in [-0.39, 0.29) is 5.91 Å². The van der Waals surface area contributed by atoms with E-state index in [0.29, 0.717) is 42.4 Å². The first-order chi connectivity index (χ1) is 15.0. The number of pyridine rings is 2. The van der Waals surface area contributed by atoms with Gasteiger partial charge in [0.05, 0.1) is 5.56 Å². The van der Waals surface area contributed by atoms with E-state index in [4.69, 9.17) is 14.7 Å². The number of hydrogen-bond donors (Lipinski definition) is 1. The summed E-state index contributed by atoms with van der Waals surface area (Å²) in [5.41, 5.74) is 1.68. The van der Waals surface area contributed by atoms with Crippen molar-refractivity contribution >= 4 is 23.6 Å². The lowest BCUT2D eigenvalue weighted by atomic mass is 10.1. The molecule has 0 saturated carbocycles. The quantitative estimate of drug-likeness (QED) is 0.789. The number of carbonyl (C=O) groups excluding carboxylic acids is 2. The van der Waals surface area contributed by atoms with Crippen molar-refractivity contribution in [1.29, 1.82) is 5.26 Å². The van der Waals surface area contributed by atoms with Gasteiger partial charge in [-0.25, -0.2) is 14.8 Å². The molecular formula is C21H20N6O4. The number of nitrogens with zero attached hydrogens (tertiary/aromatic N) is 5. The molecule has 2 aliphatic rings. The van der Waals surface area contributed by atoms with Gasteiger partial charge < -0.3 is 14.4 Å². The van der Waals surface area contributed by atoms with Crippen molar-refractivity contribution in [3.05, 3.63) is 59.8 Å². The number of anilines is 2. The van der Waals surface area contributed by atoms with Crippen LogP contribution in [0.3, 0.4) is 0 Å². The molecule has 0 unspecified atom stereocenters. The topological polar surface area (TPSA) is 121 Å². The Morgan fingerprint density at radius 1 is 1.32 bits per heavy atom. The Kier molecular flexibility index (Phi) is 5.66. The maximum Gasteiger partial charge on any atom is 0.328 e. The molecule has 2 aliphatic heterocycles. The number of ether oxygens (including phenoxy) is 2. The molecule has 2 aromatic rings. The summed E-state index contributed by atoms with van der Waals surface area (Å²) in [5.74, 6) is 0.788. The van der Waals surface area contributed by atoms with Crippen LogP contribution in [0, 0.1) is 11.3 Å². The summed E-state index contributed by atoms with van der Waals surface area (Å²) in [7, 11) is 1.57. The molecule has 4 rings (SSSR count). The molecule has 10 nitrogen and oxygen atoms in total. The molecule has 10 heteroatoms. The molecule has 0 bridgehead atoms. The number of hydrogen-bond acceptors (Lipinski definition) is 7. The molecule has 1 N–H and O–H groups in total. The predicted molar refractivity (Wildman–Crippen MR) is 109 cm³/mol. The zero-order valence-electron chi connectivity index (χ0n) is 16.8. The number of aromatic nitrogens is 2. The van der Waals surface area contributed by atoms with Crippen molar-refractivity contribution in [2.75, 3.05) is 23.8 Å². The molecule has 158 valence electrons. The van der Waals surface area contributed by atoms with Gasteiger partial charge in [0.25, 0.3) is 6.29 Å². The summed E-state index contributed by atoms with van der Waals surface area (Å²) >= 11 is 0. The van der Waals surface area contributed by atoms with E-state index in [0.717, 1.165) is 12.0 Å². The van der Waals surface area contributed by atoms with Crippen LogP contribution in [0.1, 0.15) is 36.0 Å². The Balaban J connectivity index is 1.54. The summed E-state index contributed by atoms with van der Waals surface area (Å²) in [6.07, 6.45) is 4.87. The van der Waals surface area contributed by atoms with Gasteiger partial charge in [0, 0.05) is 38.3 Å². The van der Waals surface area contributed by atoms with Crippen LogP contribution < -0.4 is 10.2 Å². The van der Waals surface area contributed by atoms with Crippen molar-refractivity contribution in [2.24, 2.45) is 0 Å². The Hall–Kier alpha value is -4.13. The van der Waals surface area contributed by atoms with E-state index in [1.54, 1.807) is 30.1 Å². The van der Waals surface area contributed by atoms with Gasteiger partial charge in [-0.2, -0.15) is 5.26 Å². The van der Waals surface area contributed by atoms with E-state index in [9.17, 15) is 9.59 Å². The van der Waals surface area contributed by atoms with Crippen LogP contribution in [-0.4, -0.2) is 40.4 Å². The van der Waals surface area contributed by atoms with Gasteiger partial charge in [-0.05, 0) is 24.6 Å². The largest absolute Gasteiger partial charge is 0.454 e. The van der Waals surface area contributed by atoms with E-state index >= 15 is 0 Å². The van der Waals surface area contributed by atoms with Gasteiger partial charge in [0.2, 0.25) is 5.91 Å². The highest BCUT2D eigenvalue weighted by molar-refractivity contribution is 6.00. The third kappa shape index (κ3) is 4.40. The lowest BCUT2D eigenvalue weighted by molar-refractivity contribution is -0.128. The van der Waals surface area contributed by atoms with Gasteiger partial charge in [-0.15, -0.1) is 0 Å². The first kappa shape index (κ1) is 20.2. The molecule has 0 aliphatic carbocycles. The predicted octanol–water partition coefficient (Wildman–Crippen LogP) is 2.66. The van der Waals surface area contributed by atoms with Crippen LogP contribution in [0.4, 0.5) is 16.4 Å². The fraction of sp³-hybridized carbons (Fsp3) is 0.286. The highest BCUT2D eigenvalue weighted by atomic mass is 16.7. The zero-order chi connectivity index (χ0) is 21.8. The Morgan fingerprint density at radius 3 is 2.77 bits per heavy atom. The first-order valence-electron chi connectivity index (χ1n) is 9.69. The zero-order valence-corrected chi connectivity index (χ0v) is 16.8. The number of urea groups is 1. The molecular weight excluding hydrogens is 400 g/mol. The average molecular weight is 420 g/mol. The van der Waals surface area contributed by atoms with Crippen LogP contribution in [-0.2, 0) is 20.8 Å². The maximum atomic E-state index is 12.6. The van der Waals surface area contributed by atoms with Crippen LogP contribution in [0.25, 0.3) is 0 Å². The van der Waals surface area contributed by atoms with Crippen LogP contribution in [0.5, 0.6) is 0 Å². The van der Waals surface area contributed by atoms with Crippen LogP contribution in [0.15, 0.2) is 43.0 Å². The fourth-order valence-electron chi connectivity index (χ4n) is 3.29. The van der Waals surface area contributed by atoms with Gasteiger partial charge in [0.1, 0.15) is 35.9 Å². The molecule has 0 aromatic carbocycles. The summed E-state index contributed by atoms with van der Waals surface area (Å²) in [6, 6.07) is 8.15. The van der Waals surface area contributed by atoms with Gasteiger partial charge in [-0.1, -0.05) is 6.07 Å². The normalized spacial score (nSPS) is 15.4. The Morgan fingerprint density at radius 2 is 2.13 bits per heavy atom. The standard InChI is InChI=1S/C21H20N6O4/c1-26(21(29)24-16-6-4-14(11-22)12-23-16)17-7-5-15(13-27-8-2-3-18(27)28)19(25-17)20-30-9-10-31-20/h4-7,9-10,12,20H,2-3,8,13H2,1H3,(H,23,24,29). The molecule has 3 amide bonds. The highest BCUT2D eigenvalue weighted by Crippen LogP contribution is 2.29. The number of rotatable bonds is 5. The molecule has 4 heterocycles. The minimum atomic E-state index is -0.746. The van der Waals surface area contributed by atoms with Crippen molar-refractivity contribution in [3.63, 3.8) is 0 Å². The van der Waals surface area contributed by atoms with Crippen molar-refractivity contribution < 1.29 is 19.1 Å². The lowest BCUT2D eigenvalue weighted by Crippen LogP contribution is -2.32. The summed E-state index contributed by atoms with van der Waals surface area (Å²) < 4.78 is 10.9. The number of nitriles is 1. The third-order valence-corrected chi connectivity index (χ3v) is 4.99. The summed E-state index contributed by atoms with van der Waals surface area (Å²) in [4.78, 5) is 36.4. The van der Waals surface area contributed by atoms with Crippen LogP contribution >= 0.6 is 0 Å². The van der Waals surface area contributed by atoms with Crippen molar-refractivity contribution in [1.82, 2.24) is 14.9 Å². The average Bonchev–Trinajstić information content (AvgIpc) is 3.46. The van der Waals surface area contributed by atoms with Crippen molar-refractivity contribution in [2.45, 2.75) is 25.7 Å². The molecule has 0 radical (unpaired) electrons. The maximum absolute atomic E-state index is 12.6. The van der Waals surface area contributed by atoms with E-state index in [1.807, 2.05) is 12.1 Å². The van der Waals surface area contributed by atoms with Gasteiger partial charge >= 0.3 is 6.03 Å². The molecule has 31 heavy (non-hydrogen) atoms. The second-order valence-electron chi connectivity index (χ2n) is 7.04. The number of carbonyl (C=O) groups is 2. The van der Waals surface area contributed by atoms with Gasteiger partial charge in [0.15, 0.2) is 0 Å². The molecule has 1 saturated heterocycles. The Labute approximate surface area is 178 Å². The second-order valence-corrected chi connectivity index (χ2v) is 7.04. The number of likely N-dealkylation sites (tertiary alicyclic amines) is 1. The van der Waals surface area contributed by atoms with Crippen LogP contribution in [0.2, 0.25) is 0 Å². The summed E-state index contributed by atoms with van der Waals surface area (Å²) in [6.45, 7) is 1.10. The van der Waals surface area contributed by atoms with E-state index in [1.165, 1.54) is 23.6 Å². The number of amides is 3. The monoisotopic (exact) mass is 420 g/mol. The second kappa shape index (κ2) is 8.71. The van der Waals surface area contributed by atoms with Crippen molar-refractivity contribution in [3.8, 4) is 6.07 Å². The molecule has 1 fully saturated rings. The van der Waals surface area contributed by atoms with E-state index < -0.39 is 12.3 Å².